The van der Waals surface area contributed by atoms with Crippen LogP contribution in [0.1, 0.15) is 11.1 Å². The van der Waals surface area contributed by atoms with Crippen molar-refractivity contribution < 1.29 is 9.84 Å². The second kappa shape index (κ2) is 7.62. The molecule has 0 spiro atoms. The number of phenolic OH excluding ortho intramolecular Hbond substituents is 1. The van der Waals surface area contributed by atoms with E-state index in [4.69, 9.17) is 10.00 Å². The molecule has 0 radical (unpaired) electrons. The van der Waals surface area contributed by atoms with Gasteiger partial charge in [0, 0.05) is 43.0 Å². The molecule has 0 amide bonds. The molecule has 2 N–H and O–H groups in total. The van der Waals surface area contributed by atoms with Crippen molar-refractivity contribution in [3.8, 4) is 22.9 Å². The molecule has 1 aliphatic rings. The average molecular weight is 360 g/mol. The number of ether oxygens (including phenoxy) is 1. The molecule has 0 bridgehead atoms. The van der Waals surface area contributed by atoms with Crippen LogP contribution in [0.4, 0.5) is 0 Å². The number of nitrogens with one attached hydrogen (secondary N) is 1. The van der Waals surface area contributed by atoms with E-state index in [1.165, 1.54) is 0 Å². The number of aromatic amines is 1. The summed E-state index contributed by atoms with van der Waals surface area (Å²) in [4.78, 5) is 10.0. The molecule has 6 nitrogen and oxygen atoms in total. The van der Waals surface area contributed by atoms with Crippen LogP contribution in [0, 0.1) is 11.3 Å². The number of H-pyrrole nitrogens is 1. The number of aromatic nitrogens is 2. The van der Waals surface area contributed by atoms with Gasteiger partial charge in [-0.2, -0.15) is 5.26 Å². The Labute approximate surface area is 157 Å². The van der Waals surface area contributed by atoms with Gasteiger partial charge in [-0.25, -0.2) is 4.98 Å². The number of hydrogen-bond acceptors (Lipinski definition) is 5. The zero-order chi connectivity index (χ0) is 18.6. The molecular formula is C21H20N4O2. The first-order valence-electron chi connectivity index (χ1n) is 8.92. The third kappa shape index (κ3) is 3.70. The summed E-state index contributed by atoms with van der Waals surface area (Å²) in [7, 11) is 0. The number of nitrogens with zero attached hydrogens (tertiary/aromatic N) is 3. The van der Waals surface area contributed by atoms with Crippen LogP contribution in [0.25, 0.3) is 28.2 Å². The van der Waals surface area contributed by atoms with Crippen LogP contribution in [0.2, 0.25) is 0 Å². The Balaban J connectivity index is 1.60. The van der Waals surface area contributed by atoms with Gasteiger partial charge in [-0.15, -0.1) is 0 Å². The third-order valence-corrected chi connectivity index (χ3v) is 4.76. The number of pyridine rings is 1. The summed E-state index contributed by atoms with van der Waals surface area (Å²) in [6.45, 7) is 4.42. The molecular weight excluding hydrogens is 340 g/mol. The van der Waals surface area contributed by atoms with Gasteiger partial charge in [0.2, 0.25) is 0 Å². The van der Waals surface area contributed by atoms with E-state index in [0.29, 0.717) is 0 Å². The molecule has 3 aromatic rings. The van der Waals surface area contributed by atoms with Gasteiger partial charge in [-0.05, 0) is 29.3 Å². The van der Waals surface area contributed by atoms with E-state index in [-0.39, 0.29) is 11.3 Å². The maximum atomic E-state index is 9.73. The van der Waals surface area contributed by atoms with Crippen LogP contribution < -0.4 is 0 Å². The van der Waals surface area contributed by atoms with E-state index in [1.807, 2.05) is 18.5 Å². The summed E-state index contributed by atoms with van der Waals surface area (Å²) in [5.41, 5.74) is 3.90. The Kier molecular flexibility index (Phi) is 4.88. The van der Waals surface area contributed by atoms with Crippen LogP contribution in [-0.2, 0) is 4.74 Å². The lowest BCUT2D eigenvalue weighted by atomic mass is 10.0. The number of phenols is 1. The summed E-state index contributed by atoms with van der Waals surface area (Å²) < 4.78 is 5.37. The first-order chi connectivity index (χ1) is 13.2. The predicted octanol–water partition coefficient (Wildman–Crippen LogP) is 3.15. The van der Waals surface area contributed by atoms with Crippen molar-refractivity contribution in [2.75, 3.05) is 32.8 Å². The van der Waals surface area contributed by atoms with Gasteiger partial charge in [0.15, 0.2) is 0 Å². The molecule has 0 atom stereocenters. The van der Waals surface area contributed by atoms with Crippen molar-refractivity contribution in [2.45, 2.75) is 0 Å². The fraction of sp³-hybridized carbons (Fsp3) is 0.238. The normalized spacial score (nSPS) is 15.4. The largest absolute Gasteiger partial charge is 0.507 e. The maximum absolute atomic E-state index is 9.73. The van der Waals surface area contributed by atoms with E-state index in [9.17, 15) is 5.11 Å². The Morgan fingerprint density at radius 1 is 1.30 bits per heavy atom. The Bertz CT molecular complexity index is 1030. The number of fused-ring (bicyclic) bond motifs is 1. The van der Waals surface area contributed by atoms with Crippen molar-refractivity contribution >= 4 is 17.1 Å². The van der Waals surface area contributed by atoms with Gasteiger partial charge in [-0.1, -0.05) is 18.2 Å². The zero-order valence-electron chi connectivity index (χ0n) is 14.9. The molecule has 1 saturated heterocycles. The maximum Gasteiger partial charge on any atom is 0.137 e. The lowest BCUT2D eigenvalue weighted by molar-refractivity contribution is 0.0435. The van der Waals surface area contributed by atoms with Crippen molar-refractivity contribution in [3.05, 3.63) is 53.9 Å². The number of hydrogen-bond donors (Lipinski definition) is 2. The summed E-state index contributed by atoms with van der Waals surface area (Å²) >= 11 is 0. The van der Waals surface area contributed by atoms with Crippen molar-refractivity contribution in [2.24, 2.45) is 0 Å². The number of benzene rings is 1. The molecule has 1 aromatic carbocycles. The van der Waals surface area contributed by atoms with Crippen LogP contribution in [0.5, 0.6) is 5.75 Å². The molecule has 27 heavy (non-hydrogen) atoms. The topological polar surface area (TPSA) is 85.2 Å². The number of morpholine rings is 1. The molecule has 3 heterocycles. The lowest BCUT2D eigenvalue weighted by Gasteiger charge is -2.25. The van der Waals surface area contributed by atoms with Crippen LogP contribution >= 0.6 is 0 Å². The Morgan fingerprint density at radius 2 is 2.15 bits per heavy atom. The lowest BCUT2D eigenvalue weighted by Crippen LogP contribution is -2.36. The highest BCUT2D eigenvalue weighted by molar-refractivity contribution is 5.94. The molecule has 1 fully saturated rings. The highest BCUT2D eigenvalue weighted by Gasteiger charge is 2.11. The molecule has 0 unspecified atom stereocenters. The summed E-state index contributed by atoms with van der Waals surface area (Å²) in [6.07, 6.45) is 7.95. The second-order valence-electron chi connectivity index (χ2n) is 6.53. The summed E-state index contributed by atoms with van der Waals surface area (Å²) in [5.74, 6) is -0.00838. The Morgan fingerprint density at radius 3 is 2.96 bits per heavy atom. The van der Waals surface area contributed by atoms with Gasteiger partial charge >= 0.3 is 0 Å². The first-order valence-corrected chi connectivity index (χ1v) is 8.92. The Hall–Kier alpha value is -3.14. The molecule has 1 aliphatic heterocycles. The average Bonchev–Trinajstić information content (AvgIpc) is 3.12. The van der Waals surface area contributed by atoms with Gasteiger partial charge in [0.25, 0.3) is 0 Å². The van der Waals surface area contributed by atoms with E-state index >= 15 is 0 Å². The first kappa shape index (κ1) is 17.3. The highest BCUT2D eigenvalue weighted by Crippen LogP contribution is 2.31. The predicted molar refractivity (Wildman–Crippen MR) is 104 cm³/mol. The zero-order valence-corrected chi connectivity index (χ0v) is 14.9. The highest BCUT2D eigenvalue weighted by atomic mass is 16.5. The minimum Gasteiger partial charge on any atom is -0.507 e. The monoisotopic (exact) mass is 360 g/mol. The molecule has 4 rings (SSSR count). The van der Waals surface area contributed by atoms with Crippen LogP contribution in [0.15, 0.2) is 42.7 Å². The molecule has 6 heteroatoms. The number of aromatic hydroxyl groups is 1. The van der Waals surface area contributed by atoms with E-state index in [0.717, 1.165) is 60.6 Å². The SMILES string of the molecule is N#Cc1cc(-c2c[nH]c3ncc(C=CCN4CCOCC4)cc23)ccc1O. The van der Waals surface area contributed by atoms with E-state index in [2.05, 4.69) is 33.1 Å². The van der Waals surface area contributed by atoms with Gasteiger partial charge in [0.05, 0.1) is 18.8 Å². The smallest absolute Gasteiger partial charge is 0.137 e. The minimum atomic E-state index is -0.00838. The minimum absolute atomic E-state index is 0.00838. The van der Waals surface area contributed by atoms with Crippen molar-refractivity contribution in [3.63, 3.8) is 0 Å². The fourth-order valence-corrected chi connectivity index (χ4v) is 3.26. The standard InChI is InChI=1S/C21H20N4O2/c22-12-17-11-16(3-4-20(17)26)19-14-24-21-18(19)10-15(13-23-21)2-1-5-25-6-8-27-9-7-25/h1-4,10-11,13-14,26H,5-9H2,(H,23,24). The molecule has 0 saturated carbocycles. The third-order valence-electron chi connectivity index (χ3n) is 4.76. The summed E-state index contributed by atoms with van der Waals surface area (Å²) in [5, 5.41) is 19.9. The van der Waals surface area contributed by atoms with Crippen LogP contribution in [-0.4, -0.2) is 52.8 Å². The van der Waals surface area contributed by atoms with Gasteiger partial charge in [0.1, 0.15) is 17.5 Å². The molecule has 0 aliphatic carbocycles. The van der Waals surface area contributed by atoms with Crippen molar-refractivity contribution in [1.82, 2.24) is 14.9 Å². The quantitative estimate of drug-likeness (QED) is 0.746. The second-order valence-corrected chi connectivity index (χ2v) is 6.53. The van der Waals surface area contributed by atoms with Gasteiger partial charge in [-0.3, -0.25) is 4.90 Å². The molecule has 2 aromatic heterocycles. The van der Waals surface area contributed by atoms with Gasteiger partial charge < -0.3 is 14.8 Å². The van der Waals surface area contributed by atoms with E-state index < -0.39 is 0 Å². The fourth-order valence-electron chi connectivity index (χ4n) is 3.26. The van der Waals surface area contributed by atoms with E-state index in [1.54, 1.807) is 18.2 Å². The van der Waals surface area contributed by atoms with Crippen molar-refractivity contribution in [1.29, 1.82) is 5.26 Å². The summed E-state index contributed by atoms with van der Waals surface area (Å²) in [6, 6.07) is 9.15. The molecule has 136 valence electrons. The van der Waals surface area contributed by atoms with Crippen LogP contribution in [0.3, 0.4) is 0 Å². The number of rotatable bonds is 4. The number of nitriles is 1.